The highest BCUT2D eigenvalue weighted by atomic mass is 16.4. The number of aromatic nitrogens is 2. The van der Waals surface area contributed by atoms with Crippen LogP contribution in [0.15, 0.2) is 12.1 Å². The van der Waals surface area contributed by atoms with Gasteiger partial charge >= 0.3 is 5.97 Å². The average Bonchev–Trinajstić information content (AvgIpc) is 3.01. The highest BCUT2D eigenvalue weighted by molar-refractivity contribution is 5.75. The van der Waals surface area contributed by atoms with Crippen molar-refractivity contribution in [1.82, 2.24) is 10.2 Å². The van der Waals surface area contributed by atoms with Crippen molar-refractivity contribution in [2.75, 3.05) is 5.32 Å². The fourth-order valence-electron chi connectivity index (χ4n) is 1.64. The van der Waals surface area contributed by atoms with Crippen LogP contribution in [0.2, 0.25) is 0 Å². The molecule has 0 amide bonds. The summed E-state index contributed by atoms with van der Waals surface area (Å²) in [5.74, 6) is -0.348. The fourth-order valence-corrected chi connectivity index (χ4v) is 1.64. The number of hydrogen-bond donors (Lipinski definition) is 2. The molecule has 0 aliphatic heterocycles. The molecule has 5 nitrogen and oxygen atoms in total. The van der Waals surface area contributed by atoms with Gasteiger partial charge in [0, 0.05) is 6.04 Å². The van der Waals surface area contributed by atoms with Crippen molar-refractivity contribution in [3.05, 3.63) is 17.8 Å². The van der Waals surface area contributed by atoms with Gasteiger partial charge in [-0.05, 0) is 25.0 Å². The van der Waals surface area contributed by atoms with Gasteiger partial charge in [-0.3, -0.25) is 4.79 Å². The molecule has 2 atom stereocenters. The van der Waals surface area contributed by atoms with Gasteiger partial charge in [0.15, 0.2) is 0 Å². The fraction of sp³-hybridized carbons (Fsp3) is 0.545. The lowest BCUT2D eigenvalue weighted by Gasteiger charge is -2.03. The molecule has 0 radical (unpaired) electrons. The van der Waals surface area contributed by atoms with Crippen LogP contribution < -0.4 is 5.32 Å². The van der Waals surface area contributed by atoms with E-state index < -0.39 is 5.97 Å². The number of carboxylic acid groups (broad SMARTS) is 1. The Bertz CT molecular complexity index is 377. The first-order chi connectivity index (χ1) is 7.70. The van der Waals surface area contributed by atoms with E-state index in [2.05, 4.69) is 22.4 Å². The number of nitrogens with one attached hydrogen (secondary N) is 1. The molecule has 5 heteroatoms. The molecule has 86 valence electrons. The van der Waals surface area contributed by atoms with Gasteiger partial charge in [0.25, 0.3) is 0 Å². The minimum absolute atomic E-state index is 0.0174. The lowest BCUT2D eigenvalue weighted by atomic mass is 10.2. The Kier molecular flexibility index (Phi) is 3.03. The van der Waals surface area contributed by atoms with Crippen molar-refractivity contribution in [3.63, 3.8) is 0 Å². The van der Waals surface area contributed by atoms with Crippen molar-refractivity contribution in [1.29, 1.82) is 0 Å². The first-order valence-electron chi connectivity index (χ1n) is 5.52. The van der Waals surface area contributed by atoms with Crippen LogP contribution >= 0.6 is 0 Å². The van der Waals surface area contributed by atoms with Gasteiger partial charge in [0.2, 0.25) is 0 Å². The summed E-state index contributed by atoms with van der Waals surface area (Å²) >= 11 is 0. The number of nitrogens with zero attached hydrogens (tertiary/aromatic N) is 2. The smallest absolute Gasteiger partial charge is 0.308 e. The summed E-state index contributed by atoms with van der Waals surface area (Å²) in [6, 6.07) is 3.80. The zero-order chi connectivity index (χ0) is 11.5. The highest BCUT2D eigenvalue weighted by Gasteiger charge is 2.43. The summed E-state index contributed by atoms with van der Waals surface area (Å²) in [7, 11) is 0. The van der Waals surface area contributed by atoms with Gasteiger partial charge in [-0.15, -0.1) is 5.10 Å². The minimum Gasteiger partial charge on any atom is -0.481 e. The van der Waals surface area contributed by atoms with Crippen molar-refractivity contribution >= 4 is 11.8 Å². The Morgan fingerprint density at radius 3 is 2.88 bits per heavy atom. The Labute approximate surface area is 93.9 Å². The molecule has 1 saturated carbocycles. The van der Waals surface area contributed by atoms with Crippen LogP contribution in [-0.4, -0.2) is 27.3 Å². The van der Waals surface area contributed by atoms with Crippen LogP contribution in [0.5, 0.6) is 0 Å². The van der Waals surface area contributed by atoms with E-state index in [9.17, 15) is 4.79 Å². The summed E-state index contributed by atoms with van der Waals surface area (Å²) in [6.07, 6.45) is 2.65. The largest absolute Gasteiger partial charge is 0.481 e. The molecule has 0 saturated heterocycles. The van der Waals surface area contributed by atoms with E-state index in [0.29, 0.717) is 12.2 Å². The van der Waals surface area contributed by atoms with Crippen molar-refractivity contribution in [3.8, 4) is 0 Å². The third-order valence-corrected chi connectivity index (χ3v) is 2.67. The van der Waals surface area contributed by atoms with Crippen molar-refractivity contribution < 1.29 is 9.90 Å². The van der Waals surface area contributed by atoms with E-state index in [-0.39, 0.29) is 12.0 Å². The molecule has 1 fully saturated rings. The molecule has 1 aliphatic carbocycles. The molecule has 1 heterocycles. The summed E-state index contributed by atoms with van der Waals surface area (Å²) in [4.78, 5) is 10.6. The minimum atomic E-state index is -0.743. The number of carbonyl (C=O) groups is 1. The van der Waals surface area contributed by atoms with E-state index in [1.54, 1.807) is 0 Å². The summed E-state index contributed by atoms with van der Waals surface area (Å²) in [5.41, 5.74) is 0.971. The second-order valence-electron chi connectivity index (χ2n) is 4.09. The van der Waals surface area contributed by atoms with Crippen molar-refractivity contribution in [2.45, 2.75) is 32.2 Å². The molecule has 2 rings (SSSR count). The second kappa shape index (κ2) is 4.47. The van der Waals surface area contributed by atoms with Crippen LogP contribution in [0.3, 0.4) is 0 Å². The molecule has 16 heavy (non-hydrogen) atoms. The zero-order valence-electron chi connectivity index (χ0n) is 9.18. The monoisotopic (exact) mass is 221 g/mol. The molecular formula is C11H15N3O2. The molecule has 2 unspecified atom stereocenters. The van der Waals surface area contributed by atoms with Gasteiger partial charge in [-0.25, -0.2) is 0 Å². The van der Waals surface area contributed by atoms with Gasteiger partial charge in [0.05, 0.1) is 11.6 Å². The molecule has 1 aromatic heterocycles. The van der Waals surface area contributed by atoms with Crippen LogP contribution in [0.25, 0.3) is 0 Å². The van der Waals surface area contributed by atoms with E-state index in [4.69, 9.17) is 5.11 Å². The van der Waals surface area contributed by atoms with E-state index in [1.165, 1.54) is 0 Å². The number of aliphatic carboxylic acids is 1. The standard InChI is InChI=1S/C11H15N3O2/c1-2-3-7-4-5-10(14-13-7)12-9-6-8(9)11(15)16/h4-5,8-9H,2-3,6H2,1H3,(H,12,14)(H,15,16). The molecular weight excluding hydrogens is 206 g/mol. The average molecular weight is 221 g/mol. The first kappa shape index (κ1) is 10.9. The summed E-state index contributed by atoms with van der Waals surface area (Å²) in [5, 5.41) is 19.9. The number of hydrogen-bond acceptors (Lipinski definition) is 4. The maximum Gasteiger partial charge on any atom is 0.308 e. The predicted octanol–water partition coefficient (Wildman–Crippen LogP) is 1.31. The van der Waals surface area contributed by atoms with E-state index in [0.717, 1.165) is 18.5 Å². The third kappa shape index (κ3) is 2.48. The number of aryl methyl sites for hydroxylation is 1. The van der Waals surface area contributed by atoms with Gasteiger partial charge in [-0.2, -0.15) is 5.10 Å². The lowest BCUT2D eigenvalue weighted by Crippen LogP contribution is -2.11. The quantitative estimate of drug-likeness (QED) is 0.784. The second-order valence-corrected chi connectivity index (χ2v) is 4.09. The number of carboxylic acids is 1. The first-order valence-corrected chi connectivity index (χ1v) is 5.52. The van der Waals surface area contributed by atoms with E-state index in [1.807, 2.05) is 12.1 Å². The number of anilines is 1. The van der Waals surface area contributed by atoms with Crippen LogP contribution in [0.4, 0.5) is 5.82 Å². The normalized spacial score (nSPS) is 22.8. The molecule has 1 aliphatic rings. The summed E-state index contributed by atoms with van der Waals surface area (Å²) < 4.78 is 0. The molecule has 1 aromatic rings. The molecule has 2 N–H and O–H groups in total. The number of rotatable bonds is 5. The Hall–Kier alpha value is -1.65. The van der Waals surface area contributed by atoms with E-state index >= 15 is 0 Å². The molecule has 0 bridgehead atoms. The molecule has 0 spiro atoms. The van der Waals surface area contributed by atoms with Gasteiger partial charge in [-0.1, -0.05) is 13.3 Å². The van der Waals surface area contributed by atoms with Crippen LogP contribution in [-0.2, 0) is 11.2 Å². The summed E-state index contributed by atoms with van der Waals surface area (Å²) in [6.45, 7) is 2.09. The Morgan fingerprint density at radius 2 is 2.38 bits per heavy atom. The third-order valence-electron chi connectivity index (χ3n) is 2.67. The van der Waals surface area contributed by atoms with Crippen LogP contribution in [0.1, 0.15) is 25.5 Å². The van der Waals surface area contributed by atoms with Gasteiger partial charge < -0.3 is 10.4 Å². The van der Waals surface area contributed by atoms with Crippen LogP contribution in [0, 0.1) is 5.92 Å². The molecule has 0 aromatic carbocycles. The maximum absolute atomic E-state index is 10.6. The SMILES string of the molecule is CCCc1ccc(NC2CC2C(=O)O)nn1. The highest BCUT2D eigenvalue weighted by Crippen LogP contribution is 2.32. The maximum atomic E-state index is 10.6. The zero-order valence-corrected chi connectivity index (χ0v) is 9.18. The predicted molar refractivity (Wildman–Crippen MR) is 59.2 cm³/mol. The van der Waals surface area contributed by atoms with Crippen molar-refractivity contribution in [2.24, 2.45) is 5.92 Å². The van der Waals surface area contributed by atoms with Gasteiger partial charge in [0.1, 0.15) is 5.82 Å². The topological polar surface area (TPSA) is 75.1 Å². The lowest BCUT2D eigenvalue weighted by molar-refractivity contribution is -0.138. The Morgan fingerprint density at radius 1 is 1.56 bits per heavy atom. The Balaban J connectivity index is 1.89.